The van der Waals surface area contributed by atoms with Crippen molar-refractivity contribution in [2.75, 3.05) is 6.67 Å². The monoisotopic (exact) mass is 296 g/mol. The van der Waals surface area contributed by atoms with Gasteiger partial charge in [-0.05, 0) is 18.8 Å². The van der Waals surface area contributed by atoms with Gasteiger partial charge in [0.05, 0.1) is 11.8 Å². The van der Waals surface area contributed by atoms with Crippen molar-refractivity contribution in [1.82, 2.24) is 0 Å². The molecular formula is C12H12F4O4. The van der Waals surface area contributed by atoms with Crippen LogP contribution in [-0.4, -0.2) is 37.0 Å². The highest BCUT2D eigenvalue weighted by Crippen LogP contribution is 2.58. The highest BCUT2D eigenvalue weighted by atomic mass is 19.4. The summed E-state index contributed by atoms with van der Waals surface area (Å²) in [6.45, 7) is -1.83. The maximum Gasteiger partial charge on any atom is 0.428 e. The van der Waals surface area contributed by atoms with Crippen LogP contribution in [0.5, 0.6) is 0 Å². The Labute approximate surface area is 111 Å². The molecule has 3 aliphatic rings. The number of alkyl halides is 4. The van der Waals surface area contributed by atoms with E-state index in [0.717, 1.165) is 0 Å². The van der Waals surface area contributed by atoms with E-state index >= 15 is 0 Å². The van der Waals surface area contributed by atoms with E-state index in [2.05, 4.69) is 4.74 Å². The molecule has 1 saturated heterocycles. The van der Waals surface area contributed by atoms with Gasteiger partial charge in [-0.2, -0.15) is 13.2 Å². The lowest BCUT2D eigenvalue weighted by atomic mass is 9.80. The summed E-state index contributed by atoms with van der Waals surface area (Å²) in [5.41, 5.74) is 0. The number of esters is 2. The summed E-state index contributed by atoms with van der Waals surface area (Å²) in [5.74, 6) is -3.66. The average molecular weight is 296 g/mol. The van der Waals surface area contributed by atoms with Gasteiger partial charge in [-0.15, -0.1) is 0 Å². The largest absolute Gasteiger partial charge is 0.462 e. The quantitative estimate of drug-likeness (QED) is 0.587. The summed E-state index contributed by atoms with van der Waals surface area (Å²) in [7, 11) is 0. The van der Waals surface area contributed by atoms with E-state index in [1.165, 1.54) is 0 Å². The standard InChI is InChI=1S/C12H12F4O4/c13-3-7(12(14,15)16)20-10(17)8-4-1-5-6(2-4)19-11(18)9(5)8/h4-9H,1-3H2. The van der Waals surface area contributed by atoms with Gasteiger partial charge in [0.2, 0.25) is 6.10 Å². The molecule has 6 atom stereocenters. The summed E-state index contributed by atoms with van der Waals surface area (Å²) < 4.78 is 58.9. The molecule has 112 valence electrons. The fourth-order valence-corrected chi connectivity index (χ4v) is 3.73. The summed E-state index contributed by atoms with van der Waals surface area (Å²) in [4.78, 5) is 23.5. The van der Waals surface area contributed by atoms with Crippen LogP contribution in [0, 0.1) is 23.7 Å². The van der Waals surface area contributed by atoms with E-state index in [-0.39, 0.29) is 17.9 Å². The van der Waals surface area contributed by atoms with Crippen LogP contribution in [0.4, 0.5) is 17.6 Å². The fraction of sp³-hybridized carbons (Fsp3) is 0.833. The highest BCUT2D eigenvalue weighted by Gasteiger charge is 2.65. The van der Waals surface area contributed by atoms with Gasteiger partial charge in [0, 0.05) is 5.92 Å². The van der Waals surface area contributed by atoms with Crippen LogP contribution in [0.2, 0.25) is 0 Å². The van der Waals surface area contributed by atoms with Gasteiger partial charge >= 0.3 is 18.1 Å². The second-order valence-electron chi connectivity index (χ2n) is 5.54. The third kappa shape index (κ3) is 1.88. The van der Waals surface area contributed by atoms with Crippen LogP contribution in [0.1, 0.15) is 12.8 Å². The van der Waals surface area contributed by atoms with E-state index in [0.29, 0.717) is 12.8 Å². The van der Waals surface area contributed by atoms with Gasteiger partial charge < -0.3 is 9.47 Å². The van der Waals surface area contributed by atoms with Crippen LogP contribution in [0.15, 0.2) is 0 Å². The Kier molecular flexibility index (Phi) is 2.95. The summed E-state index contributed by atoms with van der Waals surface area (Å²) >= 11 is 0. The first-order valence-electron chi connectivity index (χ1n) is 6.36. The van der Waals surface area contributed by atoms with Crippen LogP contribution in [0.3, 0.4) is 0 Å². The van der Waals surface area contributed by atoms with Gasteiger partial charge in [-0.1, -0.05) is 0 Å². The first kappa shape index (κ1) is 13.6. The van der Waals surface area contributed by atoms with E-state index < -0.39 is 42.7 Å². The molecule has 2 saturated carbocycles. The van der Waals surface area contributed by atoms with Gasteiger partial charge in [-0.25, -0.2) is 4.39 Å². The zero-order chi connectivity index (χ0) is 14.7. The first-order chi connectivity index (χ1) is 9.32. The second kappa shape index (κ2) is 4.33. The van der Waals surface area contributed by atoms with Crippen molar-refractivity contribution in [2.45, 2.75) is 31.2 Å². The van der Waals surface area contributed by atoms with Crippen LogP contribution in [-0.2, 0) is 19.1 Å². The molecule has 2 aliphatic carbocycles. The Morgan fingerprint density at radius 2 is 2.10 bits per heavy atom. The minimum atomic E-state index is -4.94. The molecule has 1 aliphatic heterocycles. The molecule has 0 aromatic carbocycles. The molecular weight excluding hydrogens is 284 g/mol. The van der Waals surface area contributed by atoms with Crippen molar-refractivity contribution in [1.29, 1.82) is 0 Å². The maximum atomic E-state index is 12.4. The average Bonchev–Trinajstić information content (AvgIpc) is 2.94. The lowest BCUT2D eigenvalue weighted by Gasteiger charge is -2.25. The molecule has 20 heavy (non-hydrogen) atoms. The normalized spacial score (nSPS) is 39.8. The summed E-state index contributed by atoms with van der Waals surface area (Å²) in [5, 5.41) is 0. The third-order valence-corrected chi connectivity index (χ3v) is 4.52. The van der Waals surface area contributed by atoms with Gasteiger partial charge in [0.15, 0.2) is 0 Å². The van der Waals surface area contributed by atoms with Gasteiger partial charge in [0.25, 0.3) is 0 Å². The number of hydrogen-bond acceptors (Lipinski definition) is 4. The van der Waals surface area contributed by atoms with Crippen molar-refractivity contribution < 1.29 is 36.6 Å². The number of fused-ring (bicyclic) bond motifs is 1. The molecule has 0 aromatic heterocycles. The molecule has 0 radical (unpaired) electrons. The molecule has 3 rings (SSSR count). The van der Waals surface area contributed by atoms with Crippen molar-refractivity contribution in [3.8, 4) is 0 Å². The number of rotatable bonds is 3. The zero-order valence-electron chi connectivity index (χ0n) is 10.2. The Bertz CT molecular complexity index is 447. The number of carbonyl (C=O) groups is 2. The van der Waals surface area contributed by atoms with E-state index in [1.54, 1.807) is 0 Å². The number of ether oxygens (including phenoxy) is 2. The summed E-state index contributed by atoms with van der Waals surface area (Å²) in [6.07, 6.45) is -6.88. The minimum Gasteiger partial charge on any atom is -0.462 e. The Morgan fingerprint density at radius 1 is 1.40 bits per heavy atom. The zero-order valence-corrected chi connectivity index (χ0v) is 10.2. The molecule has 2 bridgehead atoms. The predicted molar refractivity (Wildman–Crippen MR) is 55.0 cm³/mol. The first-order valence-corrected chi connectivity index (χ1v) is 6.36. The lowest BCUT2D eigenvalue weighted by molar-refractivity contribution is -0.227. The van der Waals surface area contributed by atoms with E-state index in [1.807, 2.05) is 0 Å². The molecule has 0 amide bonds. The van der Waals surface area contributed by atoms with Crippen LogP contribution in [0.25, 0.3) is 0 Å². The fourth-order valence-electron chi connectivity index (χ4n) is 3.73. The number of hydrogen-bond donors (Lipinski definition) is 0. The Balaban J connectivity index is 1.74. The molecule has 1 heterocycles. The van der Waals surface area contributed by atoms with E-state index in [4.69, 9.17) is 4.74 Å². The lowest BCUT2D eigenvalue weighted by Crippen LogP contribution is -2.41. The molecule has 0 spiro atoms. The molecule has 4 nitrogen and oxygen atoms in total. The third-order valence-electron chi connectivity index (χ3n) is 4.52. The molecule has 0 aromatic rings. The van der Waals surface area contributed by atoms with Crippen LogP contribution >= 0.6 is 0 Å². The SMILES string of the molecule is O=C(OC(CF)C(F)(F)F)C1C2CC3OC(=O)C1C3C2. The van der Waals surface area contributed by atoms with Gasteiger partial charge in [0.1, 0.15) is 12.8 Å². The van der Waals surface area contributed by atoms with Crippen molar-refractivity contribution in [2.24, 2.45) is 23.7 Å². The summed E-state index contributed by atoms with van der Waals surface area (Å²) in [6, 6.07) is 0. The Hall–Kier alpha value is -1.34. The molecule has 0 N–H and O–H groups in total. The maximum absolute atomic E-state index is 12.4. The minimum absolute atomic E-state index is 0.111. The van der Waals surface area contributed by atoms with Crippen molar-refractivity contribution >= 4 is 11.9 Å². The second-order valence-corrected chi connectivity index (χ2v) is 5.54. The molecule has 6 unspecified atom stereocenters. The van der Waals surface area contributed by atoms with Crippen molar-refractivity contribution in [3.63, 3.8) is 0 Å². The topological polar surface area (TPSA) is 52.6 Å². The smallest absolute Gasteiger partial charge is 0.428 e. The number of halogens is 4. The van der Waals surface area contributed by atoms with E-state index in [9.17, 15) is 27.2 Å². The molecule has 3 fully saturated rings. The predicted octanol–water partition coefficient (Wildman–Crippen LogP) is 1.63. The Morgan fingerprint density at radius 3 is 2.70 bits per heavy atom. The highest BCUT2D eigenvalue weighted by molar-refractivity contribution is 5.85. The number of carbonyl (C=O) groups excluding carboxylic acids is 2. The molecule has 8 heteroatoms. The van der Waals surface area contributed by atoms with Gasteiger partial charge in [-0.3, -0.25) is 9.59 Å². The van der Waals surface area contributed by atoms with Crippen LogP contribution < -0.4 is 0 Å². The van der Waals surface area contributed by atoms with Crippen molar-refractivity contribution in [3.05, 3.63) is 0 Å².